The maximum atomic E-state index is 12.4. The lowest BCUT2D eigenvalue weighted by Gasteiger charge is -2.20. The molecule has 1 aromatic rings. The van der Waals surface area contributed by atoms with Crippen LogP contribution in [0.5, 0.6) is 0 Å². The van der Waals surface area contributed by atoms with E-state index in [1.165, 1.54) is 31.4 Å². The summed E-state index contributed by atoms with van der Waals surface area (Å²) in [5.41, 5.74) is -0.0275. The standard InChI is InChI=1S/C12H14N2O5S/c1-19-7-6-14(9-12(15)16)20(17,18)11-5-3-2-4-10(11)8-13/h2-5H,6-7,9H2,1H3,(H,15,16). The SMILES string of the molecule is COCCN(CC(=O)O)S(=O)(=O)c1ccccc1C#N. The second-order valence-electron chi connectivity index (χ2n) is 3.83. The summed E-state index contributed by atoms with van der Waals surface area (Å²) in [7, 11) is -2.68. The van der Waals surface area contributed by atoms with Gasteiger partial charge in [0.2, 0.25) is 10.0 Å². The van der Waals surface area contributed by atoms with Crippen LogP contribution in [0, 0.1) is 11.3 Å². The predicted molar refractivity (Wildman–Crippen MR) is 69.4 cm³/mol. The third-order valence-electron chi connectivity index (χ3n) is 2.48. The molecule has 1 aromatic carbocycles. The van der Waals surface area contributed by atoms with E-state index in [4.69, 9.17) is 15.1 Å². The van der Waals surface area contributed by atoms with Crippen molar-refractivity contribution in [3.63, 3.8) is 0 Å². The van der Waals surface area contributed by atoms with Gasteiger partial charge in [-0.2, -0.15) is 9.57 Å². The molecule has 0 amide bonds. The predicted octanol–water partition coefficient (Wildman–Crippen LogP) is 0.280. The molecule has 7 nitrogen and oxygen atoms in total. The number of nitriles is 1. The van der Waals surface area contributed by atoms with E-state index in [9.17, 15) is 13.2 Å². The molecular weight excluding hydrogens is 284 g/mol. The molecule has 0 bridgehead atoms. The third-order valence-corrected chi connectivity index (χ3v) is 4.39. The van der Waals surface area contributed by atoms with Crippen molar-refractivity contribution in [2.75, 3.05) is 26.8 Å². The molecule has 0 aliphatic heterocycles. The summed E-state index contributed by atoms with van der Waals surface area (Å²) in [5, 5.41) is 17.8. The van der Waals surface area contributed by atoms with E-state index in [1.807, 2.05) is 0 Å². The molecule has 0 radical (unpaired) electrons. The summed E-state index contributed by atoms with van der Waals surface area (Å²) in [6.07, 6.45) is 0. The Balaban J connectivity index is 3.22. The molecule has 20 heavy (non-hydrogen) atoms. The van der Waals surface area contributed by atoms with E-state index in [1.54, 1.807) is 6.07 Å². The number of carboxylic acid groups (broad SMARTS) is 1. The van der Waals surface area contributed by atoms with Gasteiger partial charge in [-0.05, 0) is 12.1 Å². The molecule has 1 rings (SSSR count). The lowest BCUT2D eigenvalue weighted by atomic mass is 10.2. The number of carbonyl (C=O) groups is 1. The molecule has 8 heteroatoms. The van der Waals surface area contributed by atoms with Crippen LogP contribution in [0.1, 0.15) is 5.56 Å². The number of benzene rings is 1. The van der Waals surface area contributed by atoms with E-state index >= 15 is 0 Å². The first-order valence-electron chi connectivity index (χ1n) is 5.63. The number of hydrogen-bond acceptors (Lipinski definition) is 5. The molecule has 0 spiro atoms. The lowest BCUT2D eigenvalue weighted by Crippen LogP contribution is -2.38. The first kappa shape index (κ1) is 16.1. The molecular formula is C12H14N2O5S. The zero-order valence-corrected chi connectivity index (χ0v) is 11.6. The highest BCUT2D eigenvalue weighted by atomic mass is 32.2. The van der Waals surface area contributed by atoms with Gasteiger partial charge in [0, 0.05) is 13.7 Å². The summed E-state index contributed by atoms with van der Waals surface area (Å²) in [6.45, 7) is -0.739. The van der Waals surface area contributed by atoms with Crippen molar-refractivity contribution in [1.82, 2.24) is 4.31 Å². The van der Waals surface area contributed by atoms with Gasteiger partial charge in [-0.25, -0.2) is 8.42 Å². The number of sulfonamides is 1. The fourth-order valence-electron chi connectivity index (χ4n) is 1.55. The summed E-state index contributed by atoms with van der Waals surface area (Å²) in [6, 6.07) is 7.43. The van der Waals surface area contributed by atoms with E-state index < -0.39 is 22.5 Å². The Hall–Kier alpha value is -1.95. The van der Waals surface area contributed by atoms with Crippen LogP contribution in [0.3, 0.4) is 0 Å². The average molecular weight is 298 g/mol. The minimum atomic E-state index is -4.06. The Morgan fingerprint density at radius 3 is 2.65 bits per heavy atom. The number of carboxylic acids is 1. The van der Waals surface area contributed by atoms with Crippen LogP contribution in [-0.2, 0) is 19.6 Å². The molecule has 0 heterocycles. The highest BCUT2D eigenvalue weighted by Crippen LogP contribution is 2.19. The number of ether oxygens (including phenoxy) is 1. The van der Waals surface area contributed by atoms with Crippen LogP contribution in [0.15, 0.2) is 29.2 Å². The van der Waals surface area contributed by atoms with Gasteiger partial charge < -0.3 is 9.84 Å². The van der Waals surface area contributed by atoms with Gasteiger partial charge in [0.15, 0.2) is 0 Å². The average Bonchev–Trinajstić information content (AvgIpc) is 2.42. The number of rotatable bonds is 7. The van der Waals surface area contributed by atoms with Gasteiger partial charge in [-0.3, -0.25) is 4.79 Å². The molecule has 1 N–H and O–H groups in total. The van der Waals surface area contributed by atoms with Crippen LogP contribution >= 0.6 is 0 Å². The molecule has 0 saturated heterocycles. The van der Waals surface area contributed by atoms with Crippen LogP contribution in [0.25, 0.3) is 0 Å². The fraction of sp³-hybridized carbons (Fsp3) is 0.333. The molecule has 108 valence electrons. The van der Waals surface area contributed by atoms with E-state index in [0.29, 0.717) is 0 Å². The van der Waals surface area contributed by atoms with Gasteiger partial charge >= 0.3 is 5.97 Å². The van der Waals surface area contributed by atoms with Gasteiger partial charge in [0.25, 0.3) is 0 Å². The summed E-state index contributed by atoms with van der Waals surface area (Å²) < 4.78 is 30.4. The summed E-state index contributed by atoms with van der Waals surface area (Å²) in [5.74, 6) is -1.28. The molecule has 0 atom stereocenters. The highest BCUT2D eigenvalue weighted by molar-refractivity contribution is 7.89. The van der Waals surface area contributed by atoms with Crippen molar-refractivity contribution >= 4 is 16.0 Å². The quantitative estimate of drug-likeness (QED) is 0.774. The number of hydrogen-bond donors (Lipinski definition) is 1. The number of nitrogens with zero attached hydrogens (tertiary/aromatic N) is 2. The Morgan fingerprint density at radius 1 is 1.45 bits per heavy atom. The minimum absolute atomic E-state index is 0.0275. The van der Waals surface area contributed by atoms with Crippen molar-refractivity contribution < 1.29 is 23.1 Å². The first-order valence-corrected chi connectivity index (χ1v) is 7.07. The zero-order chi connectivity index (χ0) is 15.2. The van der Waals surface area contributed by atoms with Gasteiger partial charge in [0.1, 0.15) is 12.6 Å². The zero-order valence-electron chi connectivity index (χ0n) is 10.8. The smallest absolute Gasteiger partial charge is 0.318 e. The number of methoxy groups -OCH3 is 1. The molecule has 0 unspecified atom stereocenters. The molecule has 0 aliphatic carbocycles. The van der Waals surface area contributed by atoms with Crippen molar-refractivity contribution in [1.29, 1.82) is 5.26 Å². The maximum Gasteiger partial charge on any atom is 0.318 e. The normalized spacial score (nSPS) is 11.2. The van der Waals surface area contributed by atoms with Gasteiger partial charge in [-0.1, -0.05) is 12.1 Å². The third kappa shape index (κ3) is 3.77. The van der Waals surface area contributed by atoms with Crippen LogP contribution in [0.2, 0.25) is 0 Å². The van der Waals surface area contributed by atoms with E-state index in [2.05, 4.69) is 0 Å². The van der Waals surface area contributed by atoms with Crippen molar-refractivity contribution in [3.8, 4) is 6.07 Å². The maximum absolute atomic E-state index is 12.4. The summed E-state index contributed by atoms with van der Waals surface area (Å²) in [4.78, 5) is 10.6. The van der Waals surface area contributed by atoms with E-state index in [0.717, 1.165) is 4.31 Å². The van der Waals surface area contributed by atoms with Crippen LogP contribution in [-0.4, -0.2) is 50.6 Å². The molecule has 0 aliphatic rings. The van der Waals surface area contributed by atoms with Crippen molar-refractivity contribution in [2.45, 2.75) is 4.90 Å². The van der Waals surface area contributed by atoms with Crippen molar-refractivity contribution in [3.05, 3.63) is 29.8 Å². The Kier molecular flexibility index (Phi) is 5.64. The van der Waals surface area contributed by atoms with Crippen LogP contribution < -0.4 is 0 Å². The monoisotopic (exact) mass is 298 g/mol. The highest BCUT2D eigenvalue weighted by Gasteiger charge is 2.28. The Labute approximate surface area is 117 Å². The largest absolute Gasteiger partial charge is 0.480 e. The Bertz CT molecular complexity index is 621. The number of aliphatic carboxylic acids is 1. The molecule has 0 aromatic heterocycles. The second kappa shape index (κ2) is 7.00. The Morgan fingerprint density at radius 2 is 2.10 bits per heavy atom. The second-order valence-corrected chi connectivity index (χ2v) is 5.74. The van der Waals surface area contributed by atoms with Gasteiger partial charge in [-0.15, -0.1) is 0 Å². The van der Waals surface area contributed by atoms with Crippen LogP contribution in [0.4, 0.5) is 0 Å². The molecule has 0 fully saturated rings. The van der Waals surface area contributed by atoms with Crippen molar-refractivity contribution in [2.24, 2.45) is 0 Å². The first-order chi connectivity index (χ1) is 9.43. The van der Waals surface area contributed by atoms with Gasteiger partial charge in [0.05, 0.1) is 17.1 Å². The minimum Gasteiger partial charge on any atom is -0.480 e. The fourth-order valence-corrected chi connectivity index (χ4v) is 3.07. The topological polar surface area (TPSA) is 108 Å². The lowest BCUT2D eigenvalue weighted by molar-refractivity contribution is -0.137. The summed E-state index contributed by atoms with van der Waals surface area (Å²) >= 11 is 0. The molecule has 0 saturated carbocycles. The van der Waals surface area contributed by atoms with E-state index in [-0.39, 0.29) is 23.6 Å².